The summed E-state index contributed by atoms with van der Waals surface area (Å²) < 4.78 is 5.58. The van der Waals surface area contributed by atoms with Crippen LogP contribution < -0.4 is 0 Å². The van der Waals surface area contributed by atoms with Gasteiger partial charge in [0, 0.05) is 49.2 Å². The lowest BCUT2D eigenvalue weighted by molar-refractivity contribution is 0.0109. The van der Waals surface area contributed by atoms with Crippen LogP contribution in [0, 0.1) is 12.3 Å². The Kier molecular flexibility index (Phi) is 4.16. The molecular formula is C21H22N6O2. The zero-order valence-corrected chi connectivity index (χ0v) is 16.4. The molecule has 3 aromatic heterocycles. The van der Waals surface area contributed by atoms with E-state index in [-0.39, 0.29) is 17.4 Å². The zero-order chi connectivity index (χ0) is 20.0. The lowest BCUT2D eigenvalue weighted by Gasteiger charge is -2.48. The molecule has 0 saturated carbocycles. The fourth-order valence-electron chi connectivity index (χ4n) is 4.53. The van der Waals surface area contributed by atoms with E-state index in [1.54, 1.807) is 18.6 Å². The summed E-state index contributed by atoms with van der Waals surface area (Å²) in [5.74, 6) is 1.21. The molecule has 5 heterocycles. The van der Waals surface area contributed by atoms with Gasteiger partial charge in [0.05, 0.1) is 6.04 Å². The number of carbonyl (C=O) groups is 1. The molecule has 2 fully saturated rings. The van der Waals surface area contributed by atoms with Gasteiger partial charge in [0.25, 0.3) is 5.91 Å². The van der Waals surface area contributed by atoms with Crippen LogP contribution in [-0.4, -0.2) is 62.5 Å². The molecule has 8 nitrogen and oxygen atoms in total. The van der Waals surface area contributed by atoms with E-state index in [0.717, 1.165) is 37.2 Å². The average molecular weight is 390 g/mol. The molecule has 1 spiro atoms. The van der Waals surface area contributed by atoms with Crippen LogP contribution in [0.4, 0.5) is 0 Å². The van der Waals surface area contributed by atoms with Gasteiger partial charge in [0.1, 0.15) is 5.69 Å². The quantitative estimate of drug-likeness (QED) is 0.678. The fourth-order valence-corrected chi connectivity index (χ4v) is 4.53. The molecule has 1 atom stereocenters. The van der Waals surface area contributed by atoms with Gasteiger partial charge in [-0.25, -0.2) is 0 Å². The molecule has 148 valence electrons. The number of hydrogen-bond donors (Lipinski definition) is 0. The Bertz CT molecular complexity index is 1040. The molecule has 5 rings (SSSR count). The van der Waals surface area contributed by atoms with Gasteiger partial charge >= 0.3 is 0 Å². The number of amides is 1. The molecular weight excluding hydrogens is 368 g/mol. The van der Waals surface area contributed by atoms with Crippen LogP contribution in [0.25, 0.3) is 11.4 Å². The Morgan fingerprint density at radius 2 is 1.97 bits per heavy atom. The van der Waals surface area contributed by atoms with Crippen LogP contribution in [0.1, 0.15) is 34.4 Å². The van der Waals surface area contributed by atoms with Gasteiger partial charge in [-0.2, -0.15) is 4.98 Å². The van der Waals surface area contributed by atoms with Crippen molar-refractivity contribution in [3.05, 3.63) is 60.0 Å². The van der Waals surface area contributed by atoms with Crippen molar-refractivity contribution in [1.29, 1.82) is 0 Å². The highest BCUT2D eigenvalue weighted by Gasteiger charge is 2.53. The van der Waals surface area contributed by atoms with E-state index in [0.29, 0.717) is 17.4 Å². The maximum absolute atomic E-state index is 12.8. The van der Waals surface area contributed by atoms with Crippen LogP contribution in [0.15, 0.2) is 47.4 Å². The number of carbonyl (C=O) groups excluding carboxylic acids is 1. The molecule has 2 saturated heterocycles. The first kappa shape index (κ1) is 17.9. The van der Waals surface area contributed by atoms with Gasteiger partial charge in [-0.15, -0.1) is 0 Å². The van der Waals surface area contributed by atoms with Crippen LogP contribution in [-0.2, 0) is 0 Å². The predicted molar refractivity (Wildman–Crippen MR) is 105 cm³/mol. The Balaban J connectivity index is 1.28. The number of hydrogen-bond acceptors (Lipinski definition) is 7. The second-order valence-electron chi connectivity index (χ2n) is 8.16. The second-order valence-corrected chi connectivity index (χ2v) is 8.16. The first-order valence-corrected chi connectivity index (χ1v) is 9.70. The summed E-state index contributed by atoms with van der Waals surface area (Å²) in [5, 5.41) is 4.14. The van der Waals surface area contributed by atoms with Crippen molar-refractivity contribution >= 4 is 5.91 Å². The van der Waals surface area contributed by atoms with E-state index >= 15 is 0 Å². The number of rotatable bonds is 3. The zero-order valence-electron chi connectivity index (χ0n) is 16.4. The smallest absolute Gasteiger partial charge is 0.272 e. The van der Waals surface area contributed by atoms with Gasteiger partial charge in [-0.3, -0.25) is 19.7 Å². The molecule has 0 aliphatic carbocycles. The van der Waals surface area contributed by atoms with E-state index in [1.165, 1.54) is 0 Å². The molecule has 1 amide bonds. The third kappa shape index (κ3) is 3.09. The van der Waals surface area contributed by atoms with Crippen LogP contribution >= 0.6 is 0 Å². The maximum atomic E-state index is 12.8. The van der Waals surface area contributed by atoms with Gasteiger partial charge < -0.3 is 9.42 Å². The van der Waals surface area contributed by atoms with Crippen LogP contribution in [0.5, 0.6) is 0 Å². The number of aryl methyl sites for hydroxylation is 1. The van der Waals surface area contributed by atoms with Crippen molar-refractivity contribution < 1.29 is 9.32 Å². The van der Waals surface area contributed by atoms with Crippen molar-refractivity contribution in [1.82, 2.24) is 29.9 Å². The minimum atomic E-state index is 0.0117. The minimum Gasteiger partial charge on any atom is -0.337 e. The Morgan fingerprint density at radius 1 is 1.17 bits per heavy atom. The Labute approximate surface area is 168 Å². The molecule has 1 unspecified atom stereocenters. The van der Waals surface area contributed by atoms with Crippen molar-refractivity contribution in [2.75, 3.05) is 26.7 Å². The highest BCUT2D eigenvalue weighted by molar-refractivity contribution is 5.94. The van der Waals surface area contributed by atoms with Crippen molar-refractivity contribution in [3.63, 3.8) is 0 Å². The van der Waals surface area contributed by atoms with Gasteiger partial charge in [-0.05, 0) is 44.2 Å². The molecule has 0 radical (unpaired) electrons. The van der Waals surface area contributed by atoms with Gasteiger partial charge in [-0.1, -0.05) is 11.2 Å². The van der Waals surface area contributed by atoms with Crippen LogP contribution in [0.3, 0.4) is 0 Å². The highest BCUT2D eigenvalue weighted by Crippen LogP contribution is 2.47. The lowest BCUT2D eigenvalue weighted by atomic mass is 9.77. The maximum Gasteiger partial charge on any atom is 0.272 e. The molecule has 3 aromatic rings. The van der Waals surface area contributed by atoms with E-state index in [1.807, 2.05) is 36.1 Å². The highest BCUT2D eigenvalue weighted by atomic mass is 16.5. The standard InChI is InChI=1S/C21H22N6O2/c1-14-4-3-7-23-17(14)20(28)27-12-21(13-27)10-16(26(2)11-21)19-24-18(25-29-19)15-5-8-22-9-6-15/h3-9,16H,10-13H2,1-2H3. The SMILES string of the molecule is Cc1cccnc1C(=O)N1CC2(CC(c3nc(-c4ccncc4)no3)N(C)C2)C1. The van der Waals surface area contributed by atoms with Crippen LogP contribution in [0.2, 0.25) is 0 Å². The lowest BCUT2D eigenvalue weighted by Crippen LogP contribution is -2.59. The number of aromatic nitrogens is 4. The Hall–Kier alpha value is -3.13. The summed E-state index contributed by atoms with van der Waals surface area (Å²) >= 11 is 0. The van der Waals surface area contributed by atoms with Crippen molar-refractivity contribution in [2.24, 2.45) is 5.41 Å². The molecule has 2 aliphatic rings. The second kappa shape index (κ2) is 6.73. The number of pyridine rings is 2. The van der Waals surface area contributed by atoms with Crippen molar-refractivity contribution in [2.45, 2.75) is 19.4 Å². The summed E-state index contributed by atoms with van der Waals surface area (Å²) in [5.41, 5.74) is 2.42. The molecule has 0 N–H and O–H groups in total. The summed E-state index contributed by atoms with van der Waals surface area (Å²) in [6.07, 6.45) is 5.99. The summed E-state index contributed by atoms with van der Waals surface area (Å²) in [6.45, 7) is 4.28. The normalized spacial score (nSPS) is 20.8. The summed E-state index contributed by atoms with van der Waals surface area (Å²) in [6, 6.07) is 7.56. The van der Waals surface area contributed by atoms with E-state index in [2.05, 4.69) is 32.1 Å². The predicted octanol–water partition coefficient (Wildman–Crippen LogP) is 2.35. The minimum absolute atomic E-state index is 0.0117. The fraction of sp³-hybridized carbons (Fsp3) is 0.381. The van der Waals surface area contributed by atoms with Crippen molar-refractivity contribution in [3.8, 4) is 11.4 Å². The number of nitrogens with zero attached hydrogens (tertiary/aromatic N) is 6. The number of likely N-dealkylation sites (tertiary alicyclic amines) is 2. The largest absolute Gasteiger partial charge is 0.337 e. The third-order valence-electron chi connectivity index (χ3n) is 5.96. The third-order valence-corrected chi connectivity index (χ3v) is 5.96. The molecule has 29 heavy (non-hydrogen) atoms. The van der Waals surface area contributed by atoms with E-state index in [9.17, 15) is 4.79 Å². The van der Waals surface area contributed by atoms with E-state index < -0.39 is 0 Å². The van der Waals surface area contributed by atoms with Gasteiger partial charge in [0.15, 0.2) is 0 Å². The molecule has 0 bridgehead atoms. The molecule has 0 aromatic carbocycles. The monoisotopic (exact) mass is 390 g/mol. The molecule has 8 heteroatoms. The first-order chi connectivity index (χ1) is 14.0. The van der Waals surface area contributed by atoms with E-state index in [4.69, 9.17) is 4.52 Å². The average Bonchev–Trinajstić information content (AvgIpc) is 3.32. The summed E-state index contributed by atoms with van der Waals surface area (Å²) in [4.78, 5) is 29.8. The topological polar surface area (TPSA) is 88.2 Å². The summed E-state index contributed by atoms with van der Waals surface area (Å²) in [7, 11) is 2.07. The Morgan fingerprint density at radius 3 is 2.72 bits per heavy atom. The van der Waals surface area contributed by atoms with Gasteiger partial charge in [0.2, 0.25) is 11.7 Å². The first-order valence-electron chi connectivity index (χ1n) is 9.70. The molecule has 2 aliphatic heterocycles.